The zero-order chi connectivity index (χ0) is 23.2. The van der Waals surface area contributed by atoms with Crippen LogP contribution in [0.15, 0.2) is 60.2 Å². The van der Waals surface area contributed by atoms with E-state index in [-0.39, 0.29) is 25.5 Å². The van der Waals surface area contributed by atoms with Gasteiger partial charge in [0.1, 0.15) is 11.9 Å². The molecule has 1 aliphatic heterocycles. The molecule has 1 atom stereocenters. The molecular weight excluding hydrogens is 464 g/mol. The van der Waals surface area contributed by atoms with Crippen LogP contribution in [0.3, 0.4) is 0 Å². The van der Waals surface area contributed by atoms with Crippen LogP contribution in [-0.4, -0.2) is 48.5 Å². The van der Waals surface area contributed by atoms with E-state index >= 15 is 0 Å². The van der Waals surface area contributed by atoms with Gasteiger partial charge in [-0.15, -0.1) is 11.3 Å². The lowest BCUT2D eigenvalue weighted by molar-refractivity contribution is 0.0754. The molecule has 3 aromatic rings. The Kier molecular flexibility index (Phi) is 9.38. The molecule has 1 aliphatic rings. The van der Waals surface area contributed by atoms with E-state index in [0.29, 0.717) is 24.7 Å². The highest BCUT2D eigenvalue weighted by atomic mass is 32.1. The van der Waals surface area contributed by atoms with Gasteiger partial charge in [-0.2, -0.15) is 13.5 Å². The Hall–Kier alpha value is -2.55. The van der Waals surface area contributed by atoms with E-state index in [4.69, 9.17) is 4.74 Å². The fraction of sp³-hybridized carbons (Fsp3) is 0.385. The van der Waals surface area contributed by atoms with Crippen molar-refractivity contribution in [2.45, 2.75) is 39.0 Å². The average molecular weight is 499 g/mol. The molecule has 0 saturated carbocycles. The van der Waals surface area contributed by atoms with Crippen LogP contribution in [0.5, 0.6) is 5.75 Å². The Morgan fingerprint density at radius 1 is 1.15 bits per heavy atom. The van der Waals surface area contributed by atoms with E-state index in [2.05, 4.69) is 58.7 Å². The number of pyridine rings is 1. The van der Waals surface area contributed by atoms with Gasteiger partial charge in [-0.3, -0.25) is 9.78 Å². The molecule has 1 N–H and O–H groups in total. The summed E-state index contributed by atoms with van der Waals surface area (Å²) in [5.41, 5.74) is 2.73. The quantitative estimate of drug-likeness (QED) is 0.457. The van der Waals surface area contributed by atoms with Crippen LogP contribution in [0.1, 0.15) is 47.2 Å². The highest BCUT2D eigenvalue weighted by Gasteiger charge is 2.27. The summed E-state index contributed by atoms with van der Waals surface area (Å²) in [4.78, 5) is 22.9. The Morgan fingerprint density at radius 3 is 2.62 bits per heavy atom. The molecule has 2 aromatic heterocycles. The zero-order valence-corrected chi connectivity index (χ0v) is 21.8. The largest absolute Gasteiger partial charge is 0.485 e. The van der Waals surface area contributed by atoms with Gasteiger partial charge in [0.2, 0.25) is 0 Å². The second-order valence-electron chi connectivity index (χ2n) is 8.56. The zero-order valence-electron chi connectivity index (χ0n) is 20.0. The highest BCUT2D eigenvalue weighted by Crippen LogP contribution is 2.29. The van der Waals surface area contributed by atoms with Crippen LogP contribution >= 0.6 is 24.8 Å². The molecule has 34 heavy (non-hydrogen) atoms. The van der Waals surface area contributed by atoms with E-state index in [9.17, 15) is 4.79 Å². The van der Waals surface area contributed by atoms with Gasteiger partial charge in [-0.25, -0.2) is 0 Å². The summed E-state index contributed by atoms with van der Waals surface area (Å²) in [6.45, 7) is 7.24. The predicted molar refractivity (Wildman–Crippen MR) is 145 cm³/mol. The van der Waals surface area contributed by atoms with Gasteiger partial charge in [-0.05, 0) is 62.6 Å². The summed E-state index contributed by atoms with van der Waals surface area (Å²) in [5, 5.41) is 5.29. The van der Waals surface area contributed by atoms with E-state index in [0.717, 1.165) is 36.5 Å². The average Bonchev–Trinajstić information content (AvgIpc) is 3.32. The first-order chi connectivity index (χ1) is 16.1. The number of benzene rings is 1. The van der Waals surface area contributed by atoms with Gasteiger partial charge in [0, 0.05) is 49.4 Å². The van der Waals surface area contributed by atoms with Gasteiger partial charge in [0.15, 0.2) is 0 Å². The number of thiophene rings is 1. The predicted octanol–water partition coefficient (Wildman–Crippen LogP) is 4.86. The molecule has 1 amide bonds. The van der Waals surface area contributed by atoms with Gasteiger partial charge < -0.3 is 19.9 Å². The van der Waals surface area contributed by atoms with Crippen molar-refractivity contribution in [1.29, 1.82) is 0 Å². The first-order valence-electron chi connectivity index (χ1n) is 11.5. The lowest BCUT2D eigenvalue weighted by Gasteiger charge is -2.28. The third-order valence-electron chi connectivity index (χ3n) is 5.95. The number of amides is 1. The second-order valence-corrected chi connectivity index (χ2v) is 9.54. The summed E-state index contributed by atoms with van der Waals surface area (Å²) >= 11 is 1.72. The molecule has 0 saturated heterocycles. The summed E-state index contributed by atoms with van der Waals surface area (Å²) in [5.74, 6) is 0.877. The van der Waals surface area contributed by atoms with Gasteiger partial charge in [-0.1, -0.05) is 18.2 Å². The molecule has 0 spiro atoms. The lowest BCUT2D eigenvalue weighted by atomic mass is 10.1. The Bertz CT molecular complexity index is 1040. The van der Waals surface area contributed by atoms with Gasteiger partial charge in [0.25, 0.3) is 5.91 Å². The van der Waals surface area contributed by atoms with Crippen molar-refractivity contribution in [3.8, 4) is 5.75 Å². The molecule has 6 nitrogen and oxygen atoms in total. The van der Waals surface area contributed by atoms with Crippen molar-refractivity contribution in [2.75, 3.05) is 31.6 Å². The molecule has 182 valence electrons. The molecule has 8 heteroatoms. The van der Waals surface area contributed by atoms with Crippen LogP contribution in [-0.2, 0) is 6.54 Å². The molecule has 0 fully saturated rings. The maximum absolute atomic E-state index is 13.3. The third kappa shape index (κ3) is 6.11. The van der Waals surface area contributed by atoms with Crippen LogP contribution in [0, 0.1) is 0 Å². The summed E-state index contributed by atoms with van der Waals surface area (Å²) < 4.78 is 6.31. The summed E-state index contributed by atoms with van der Waals surface area (Å²) in [7, 11) is 1.96. The van der Waals surface area contributed by atoms with Gasteiger partial charge >= 0.3 is 0 Å². The number of aromatic nitrogens is 1. The third-order valence-corrected chi connectivity index (χ3v) is 6.92. The van der Waals surface area contributed by atoms with E-state index in [1.807, 2.05) is 30.1 Å². The van der Waals surface area contributed by atoms with E-state index < -0.39 is 0 Å². The number of ether oxygens (including phenoxy) is 1. The Balaban J connectivity index is 0.00000324. The molecule has 4 rings (SSSR count). The Morgan fingerprint density at radius 2 is 1.94 bits per heavy atom. The lowest BCUT2D eigenvalue weighted by Crippen LogP contribution is -2.37. The first kappa shape index (κ1) is 26.1. The highest BCUT2D eigenvalue weighted by molar-refractivity contribution is 7.59. The smallest absolute Gasteiger partial charge is 0.257 e. The fourth-order valence-corrected chi connectivity index (χ4v) is 4.97. The number of rotatable bonds is 9. The number of nitrogens with one attached hydrogen (secondary N) is 1. The fourth-order valence-electron chi connectivity index (χ4n) is 4.18. The van der Waals surface area contributed by atoms with Gasteiger partial charge in [0.05, 0.1) is 11.3 Å². The van der Waals surface area contributed by atoms with Crippen molar-refractivity contribution < 1.29 is 9.53 Å². The summed E-state index contributed by atoms with van der Waals surface area (Å²) in [6.07, 6.45) is 4.39. The minimum absolute atomic E-state index is 0. The van der Waals surface area contributed by atoms with Crippen LogP contribution < -0.4 is 15.0 Å². The molecule has 0 unspecified atom stereocenters. The number of anilines is 1. The van der Waals surface area contributed by atoms with Crippen molar-refractivity contribution in [3.63, 3.8) is 0 Å². The SMILES string of the molecule is CNCC[C@H](Oc1ccc(CN2CCN(C(C)C)c3ccncc3C2=O)cc1)c1cccs1.S. The van der Waals surface area contributed by atoms with Crippen LogP contribution in [0.25, 0.3) is 0 Å². The van der Waals surface area contributed by atoms with Crippen LogP contribution in [0.2, 0.25) is 0 Å². The van der Waals surface area contributed by atoms with Crippen molar-refractivity contribution in [3.05, 3.63) is 76.2 Å². The number of fused-ring (bicyclic) bond motifs is 1. The maximum atomic E-state index is 13.3. The molecule has 0 radical (unpaired) electrons. The molecule has 0 bridgehead atoms. The molecule has 1 aromatic carbocycles. The van der Waals surface area contributed by atoms with Crippen LogP contribution in [0.4, 0.5) is 5.69 Å². The standard InChI is InChI=1S/C26H32N4O2S.H2S/c1-19(2)30-15-14-29(26(31)22-17-28-13-10-23(22)30)18-20-6-8-21(9-7-20)32-24(11-12-27-3)25-5-4-16-33-25;/h4-10,13,16-17,19,24,27H,11-12,14-15,18H2,1-3H3;1H2/t24-;/m0./s1. The summed E-state index contributed by atoms with van der Waals surface area (Å²) in [6, 6.07) is 14.6. The normalized spacial score (nSPS) is 14.4. The Labute approximate surface area is 213 Å². The second kappa shape index (κ2) is 12.2. The molecule has 3 heterocycles. The van der Waals surface area contributed by atoms with Crippen molar-refractivity contribution in [1.82, 2.24) is 15.2 Å². The number of carbonyl (C=O) groups excluding carboxylic acids is 1. The maximum Gasteiger partial charge on any atom is 0.257 e. The van der Waals surface area contributed by atoms with E-state index in [1.54, 1.807) is 23.7 Å². The number of nitrogens with zero attached hydrogens (tertiary/aromatic N) is 3. The van der Waals surface area contributed by atoms with Crippen molar-refractivity contribution in [2.24, 2.45) is 0 Å². The minimum atomic E-state index is 0. The number of hydrogen-bond acceptors (Lipinski definition) is 6. The van der Waals surface area contributed by atoms with E-state index in [1.165, 1.54) is 4.88 Å². The first-order valence-corrected chi connectivity index (χ1v) is 12.4. The molecule has 0 aliphatic carbocycles. The molecular formula is C26H34N4O2S2. The van der Waals surface area contributed by atoms with Crippen molar-refractivity contribution >= 4 is 36.4 Å². The minimum Gasteiger partial charge on any atom is -0.485 e. The number of carbonyl (C=O) groups is 1. The monoisotopic (exact) mass is 498 g/mol. The topological polar surface area (TPSA) is 57.7 Å². The number of hydrogen-bond donors (Lipinski definition) is 1.